The van der Waals surface area contributed by atoms with Crippen LogP contribution in [0.4, 0.5) is 0 Å². The molecule has 11 heavy (non-hydrogen) atoms. The minimum absolute atomic E-state index is 0.0651. The number of nitrogens with one attached hydrogen (secondary N) is 1. The highest BCUT2D eigenvalue weighted by molar-refractivity contribution is 5.72. The SMILES string of the molecule is CC.CCC(C)CNC(C)=O. The molecule has 0 aromatic rings. The summed E-state index contributed by atoms with van der Waals surface area (Å²) in [7, 11) is 0. The molecule has 0 spiro atoms. The normalized spacial score (nSPS) is 11.0. The van der Waals surface area contributed by atoms with E-state index in [1.54, 1.807) is 6.92 Å². The van der Waals surface area contributed by atoms with Crippen molar-refractivity contribution < 1.29 is 4.79 Å². The van der Waals surface area contributed by atoms with Gasteiger partial charge in [-0.25, -0.2) is 0 Å². The van der Waals surface area contributed by atoms with Crippen molar-refractivity contribution in [1.82, 2.24) is 5.32 Å². The molecule has 0 aromatic carbocycles. The Hall–Kier alpha value is -0.530. The van der Waals surface area contributed by atoms with Crippen LogP contribution in [-0.2, 0) is 4.79 Å². The fourth-order valence-corrected chi connectivity index (χ4v) is 0.462. The van der Waals surface area contributed by atoms with E-state index in [0.717, 1.165) is 13.0 Å². The van der Waals surface area contributed by atoms with Gasteiger partial charge < -0.3 is 5.32 Å². The van der Waals surface area contributed by atoms with E-state index in [1.807, 2.05) is 13.8 Å². The van der Waals surface area contributed by atoms with E-state index < -0.39 is 0 Å². The molecule has 0 aromatic heterocycles. The largest absolute Gasteiger partial charge is 0.356 e. The Morgan fingerprint density at radius 1 is 1.45 bits per heavy atom. The topological polar surface area (TPSA) is 29.1 Å². The van der Waals surface area contributed by atoms with Crippen molar-refractivity contribution in [3.8, 4) is 0 Å². The Labute approximate surface area is 70.4 Å². The van der Waals surface area contributed by atoms with Crippen LogP contribution in [0.2, 0.25) is 0 Å². The van der Waals surface area contributed by atoms with Gasteiger partial charge in [0, 0.05) is 13.5 Å². The molecule has 0 fully saturated rings. The summed E-state index contributed by atoms with van der Waals surface area (Å²) in [5.41, 5.74) is 0. The lowest BCUT2D eigenvalue weighted by Gasteiger charge is -2.07. The first-order valence-electron chi connectivity index (χ1n) is 4.41. The molecule has 2 heteroatoms. The third kappa shape index (κ3) is 12.6. The molecule has 1 amide bonds. The van der Waals surface area contributed by atoms with Gasteiger partial charge in [-0.2, -0.15) is 0 Å². The summed E-state index contributed by atoms with van der Waals surface area (Å²) in [4.78, 5) is 10.4. The zero-order valence-corrected chi connectivity index (χ0v) is 8.40. The van der Waals surface area contributed by atoms with Crippen LogP contribution in [0.1, 0.15) is 41.0 Å². The lowest BCUT2D eigenvalue weighted by atomic mass is 10.1. The second kappa shape index (κ2) is 9.47. The second-order valence-electron chi connectivity index (χ2n) is 2.45. The Kier molecular flexibility index (Phi) is 11.3. The van der Waals surface area contributed by atoms with Gasteiger partial charge in [-0.3, -0.25) is 4.79 Å². The minimum Gasteiger partial charge on any atom is -0.356 e. The van der Waals surface area contributed by atoms with E-state index in [1.165, 1.54) is 0 Å². The van der Waals surface area contributed by atoms with Crippen LogP contribution in [0.3, 0.4) is 0 Å². The fraction of sp³-hybridized carbons (Fsp3) is 0.889. The zero-order chi connectivity index (χ0) is 9.28. The molecule has 0 saturated heterocycles. The smallest absolute Gasteiger partial charge is 0.216 e. The van der Waals surface area contributed by atoms with E-state index in [9.17, 15) is 4.79 Å². The average molecular weight is 159 g/mol. The molecule has 0 saturated carbocycles. The quantitative estimate of drug-likeness (QED) is 0.672. The van der Waals surface area contributed by atoms with Gasteiger partial charge in [-0.05, 0) is 5.92 Å². The van der Waals surface area contributed by atoms with Crippen LogP contribution in [0, 0.1) is 5.92 Å². The number of rotatable bonds is 3. The number of hydrogen-bond donors (Lipinski definition) is 1. The van der Waals surface area contributed by atoms with Gasteiger partial charge in [0.05, 0.1) is 0 Å². The molecule has 0 heterocycles. The molecule has 0 rings (SSSR count). The maximum Gasteiger partial charge on any atom is 0.216 e. The lowest BCUT2D eigenvalue weighted by Crippen LogP contribution is -2.25. The third-order valence-corrected chi connectivity index (χ3v) is 1.40. The van der Waals surface area contributed by atoms with E-state index in [4.69, 9.17) is 0 Å². The number of carbonyl (C=O) groups is 1. The molecular weight excluding hydrogens is 138 g/mol. The average Bonchev–Trinajstić information content (AvgIpc) is 2.04. The van der Waals surface area contributed by atoms with Crippen LogP contribution in [0.5, 0.6) is 0 Å². The summed E-state index contributed by atoms with van der Waals surface area (Å²) in [5.74, 6) is 0.671. The maximum atomic E-state index is 10.4. The highest BCUT2D eigenvalue weighted by atomic mass is 16.1. The molecule has 2 nitrogen and oxygen atoms in total. The molecular formula is C9H21NO. The number of carbonyl (C=O) groups excluding carboxylic acids is 1. The first kappa shape index (κ1) is 13.1. The molecule has 0 aliphatic carbocycles. The van der Waals surface area contributed by atoms with Crippen molar-refractivity contribution in [2.45, 2.75) is 41.0 Å². The van der Waals surface area contributed by atoms with E-state index in [0.29, 0.717) is 5.92 Å². The molecule has 0 aliphatic heterocycles. The standard InChI is InChI=1S/C7H15NO.C2H6/c1-4-6(2)5-8-7(3)9;1-2/h6H,4-5H2,1-3H3,(H,8,9);1-2H3. The Bertz CT molecular complexity index is 91.6. The second-order valence-corrected chi connectivity index (χ2v) is 2.45. The van der Waals surface area contributed by atoms with Crippen LogP contribution in [-0.4, -0.2) is 12.5 Å². The van der Waals surface area contributed by atoms with Gasteiger partial charge in [-0.15, -0.1) is 0 Å². The highest BCUT2D eigenvalue weighted by Crippen LogP contribution is 1.96. The predicted molar refractivity (Wildman–Crippen MR) is 49.5 cm³/mol. The van der Waals surface area contributed by atoms with E-state index in [-0.39, 0.29) is 5.91 Å². The van der Waals surface area contributed by atoms with Crippen molar-refractivity contribution in [2.24, 2.45) is 5.92 Å². The summed E-state index contributed by atoms with van der Waals surface area (Å²) < 4.78 is 0. The summed E-state index contributed by atoms with van der Waals surface area (Å²) in [6.45, 7) is 10.6. The van der Waals surface area contributed by atoms with E-state index in [2.05, 4.69) is 19.2 Å². The van der Waals surface area contributed by atoms with Gasteiger partial charge in [0.15, 0.2) is 0 Å². The van der Waals surface area contributed by atoms with Gasteiger partial charge in [0.25, 0.3) is 0 Å². The maximum absolute atomic E-state index is 10.4. The highest BCUT2D eigenvalue weighted by Gasteiger charge is 1.97. The van der Waals surface area contributed by atoms with Crippen LogP contribution in [0.15, 0.2) is 0 Å². The third-order valence-electron chi connectivity index (χ3n) is 1.40. The Morgan fingerprint density at radius 2 is 1.91 bits per heavy atom. The molecule has 68 valence electrons. The predicted octanol–water partition coefficient (Wildman–Crippen LogP) is 2.19. The summed E-state index contributed by atoms with van der Waals surface area (Å²) in [6, 6.07) is 0. The van der Waals surface area contributed by atoms with Crippen molar-refractivity contribution >= 4 is 5.91 Å². The summed E-state index contributed by atoms with van der Waals surface area (Å²) >= 11 is 0. The van der Waals surface area contributed by atoms with Crippen molar-refractivity contribution in [2.75, 3.05) is 6.54 Å². The first-order chi connectivity index (χ1) is 5.16. The van der Waals surface area contributed by atoms with Crippen molar-refractivity contribution in [3.05, 3.63) is 0 Å². The Morgan fingerprint density at radius 3 is 2.18 bits per heavy atom. The molecule has 1 unspecified atom stereocenters. The number of amides is 1. The van der Waals surface area contributed by atoms with Crippen LogP contribution >= 0.6 is 0 Å². The fourth-order valence-electron chi connectivity index (χ4n) is 0.462. The molecule has 0 radical (unpaired) electrons. The summed E-state index contributed by atoms with van der Waals surface area (Å²) in [5, 5.41) is 2.76. The van der Waals surface area contributed by atoms with Crippen LogP contribution in [0.25, 0.3) is 0 Å². The van der Waals surface area contributed by atoms with Crippen molar-refractivity contribution in [1.29, 1.82) is 0 Å². The zero-order valence-electron chi connectivity index (χ0n) is 8.40. The monoisotopic (exact) mass is 159 g/mol. The van der Waals surface area contributed by atoms with Crippen molar-refractivity contribution in [3.63, 3.8) is 0 Å². The van der Waals surface area contributed by atoms with Crippen LogP contribution < -0.4 is 5.32 Å². The lowest BCUT2D eigenvalue weighted by molar-refractivity contribution is -0.119. The van der Waals surface area contributed by atoms with Gasteiger partial charge >= 0.3 is 0 Å². The Balaban J connectivity index is 0. The minimum atomic E-state index is 0.0651. The number of hydrogen-bond acceptors (Lipinski definition) is 1. The molecule has 1 atom stereocenters. The van der Waals surface area contributed by atoms with Gasteiger partial charge in [-0.1, -0.05) is 34.1 Å². The van der Waals surface area contributed by atoms with Gasteiger partial charge in [0.2, 0.25) is 5.91 Å². The first-order valence-corrected chi connectivity index (χ1v) is 4.41. The molecule has 0 aliphatic rings. The molecule has 1 N–H and O–H groups in total. The summed E-state index contributed by atoms with van der Waals surface area (Å²) in [6.07, 6.45) is 1.13. The molecule has 0 bridgehead atoms. The van der Waals surface area contributed by atoms with Gasteiger partial charge in [0.1, 0.15) is 0 Å². The van der Waals surface area contributed by atoms with E-state index >= 15 is 0 Å².